The van der Waals surface area contributed by atoms with E-state index < -0.39 is 50.2 Å². The predicted octanol–water partition coefficient (Wildman–Crippen LogP) is 5.40. The molecule has 1 aliphatic heterocycles. The first-order valence-corrected chi connectivity index (χ1v) is 10.6. The van der Waals surface area contributed by atoms with Gasteiger partial charge in [-0.25, -0.2) is 8.78 Å². The molecule has 0 spiro atoms. The molecule has 0 aromatic heterocycles. The largest absolute Gasteiger partial charge is 0.493 e. The molecule has 0 unspecified atom stereocenters. The lowest BCUT2D eigenvalue weighted by atomic mass is 9.96. The lowest BCUT2D eigenvalue weighted by molar-refractivity contribution is 0.118. The number of piperazine rings is 1. The van der Waals surface area contributed by atoms with Gasteiger partial charge < -0.3 is 9.47 Å². The molecule has 178 valence electrons. The van der Waals surface area contributed by atoms with Crippen LogP contribution in [-0.2, 0) is 0 Å². The fourth-order valence-electron chi connectivity index (χ4n) is 3.54. The third-order valence-corrected chi connectivity index (χ3v) is 5.25. The van der Waals surface area contributed by atoms with Crippen LogP contribution in [0.4, 0.5) is 8.78 Å². The van der Waals surface area contributed by atoms with E-state index in [1.165, 1.54) is 44.6 Å². The minimum absolute atomic E-state index is 0.157. The highest BCUT2D eigenvalue weighted by atomic mass is 19.1. The lowest BCUT2D eigenvalue weighted by Gasteiger charge is -2.39. The van der Waals surface area contributed by atoms with Crippen molar-refractivity contribution < 1.29 is 29.2 Å². The third kappa shape index (κ3) is 5.82. The number of nitrogens with zero attached hydrogens (tertiary/aromatic N) is 2. The third-order valence-electron chi connectivity index (χ3n) is 5.25. The van der Waals surface area contributed by atoms with Crippen LogP contribution in [0.3, 0.4) is 0 Å². The number of rotatable bonds is 8. The number of hydrogen-bond donors (Lipinski definition) is 0. The summed E-state index contributed by atoms with van der Waals surface area (Å²) in [6.07, 6.45) is 2.95. The molecule has 0 N–H and O–H groups in total. The maximum absolute atomic E-state index is 13.8. The van der Waals surface area contributed by atoms with E-state index in [-0.39, 0.29) is 11.1 Å². The van der Waals surface area contributed by atoms with E-state index in [9.17, 15) is 8.78 Å². The van der Waals surface area contributed by atoms with Gasteiger partial charge in [0.1, 0.15) is 11.6 Å². The van der Waals surface area contributed by atoms with Crippen molar-refractivity contribution in [2.45, 2.75) is 6.04 Å². The van der Waals surface area contributed by atoms with Gasteiger partial charge >= 0.3 is 0 Å². The minimum atomic E-state index is -3.16. The smallest absolute Gasteiger partial charge is 0.161 e. The van der Waals surface area contributed by atoms with Gasteiger partial charge in [0, 0.05) is 43.5 Å². The Labute approximate surface area is 211 Å². The molecule has 0 amide bonds. The Morgan fingerprint density at radius 1 is 0.824 bits per heavy atom. The molecule has 4 nitrogen and oxygen atoms in total. The highest BCUT2D eigenvalue weighted by molar-refractivity contribution is 5.56. The van der Waals surface area contributed by atoms with Crippen LogP contribution in [0, 0.1) is 11.6 Å². The van der Waals surface area contributed by atoms with Crippen molar-refractivity contribution in [2.75, 3.05) is 46.8 Å². The Morgan fingerprint density at radius 2 is 1.38 bits per heavy atom. The molecular weight excluding hydrogens is 434 g/mol. The van der Waals surface area contributed by atoms with Crippen molar-refractivity contribution in [3.05, 3.63) is 101 Å². The first kappa shape index (κ1) is 15.6. The number of methoxy groups -OCH3 is 2. The molecule has 0 saturated carbocycles. The van der Waals surface area contributed by atoms with Gasteiger partial charge in [-0.15, -0.1) is 0 Å². The maximum Gasteiger partial charge on any atom is 0.161 e. The molecule has 34 heavy (non-hydrogen) atoms. The quantitative estimate of drug-likeness (QED) is 0.438. The van der Waals surface area contributed by atoms with E-state index >= 15 is 0 Å². The SMILES string of the molecule is [2H]C1([2H])N(C/C=C/c2ccc(OC)c(OC)c2)C([2H])([2H])C([2H])([2H])N(C(c2ccc(F)cc2)c2ccc(F)cc2)C1([2H])[2H]. The summed E-state index contributed by atoms with van der Waals surface area (Å²) in [5.74, 6) is -0.311. The maximum atomic E-state index is 13.8. The zero-order valence-electron chi connectivity index (χ0n) is 26.8. The van der Waals surface area contributed by atoms with Gasteiger partial charge in [0.2, 0.25) is 0 Å². The second-order valence-corrected chi connectivity index (χ2v) is 7.45. The Balaban J connectivity index is 1.79. The highest BCUT2D eigenvalue weighted by Gasteiger charge is 2.26. The Morgan fingerprint density at radius 3 is 1.91 bits per heavy atom. The molecule has 0 radical (unpaired) electrons. The van der Waals surface area contributed by atoms with E-state index in [0.29, 0.717) is 26.9 Å². The fourth-order valence-corrected chi connectivity index (χ4v) is 3.54. The molecule has 1 fully saturated rings. The average molecular weight is 473 g/mol. The van der Waals surface area contributed by atoms with Crippen LogP contribution in [0.2, 0.25) is 0 Å². The van der Waals surface area contributed by atoms with Gasteiger partial charge in [-0.05, 0) is 53.1 Å². The van der Waals surface area contributed by atoms with Crippen LogP contribution in [0.25, 0.3) is 6.08 Å². The van der Waals surface area contributed by atoms with Gasteiger partial charge in [-0.1, -0.05) is 42.5 Å². The van der Waals surface area contributed by atoms with Crippen LogP contribution in [0.15, 0.2) is 72.8 Å². The van der Waals surface area contributed by atoms with Gasteiger partial charge in [-0.2, -0.15) is 0 Å². The normalized spacial score (nSPS) is 24.6. The summed E-state index contributed by atoms with van der Waals surface area (Å²) in [6, 6.07) is 13.0. The van der Waals surface area contributed by atoms with Crippen LogP contribution in [0.5, 0.6) is 11.5 Å². The van der Waals surface area contributed by atoms with Crippen molar-refractivity contribution in [3.8, 4) is 11.5 Å². The molecule has 0 aliphatic carbocycles. The first-order chi connectivity index (χ1) is 19.6. The van der Waals surface area contributed by atoms with E-state index in [4.69, 9.17) is 20.4 Å². The molecule has 1 saturated heterocycles. The number of halogens is 2. The van der Waals surface area contributed by atoms with Gasteiger partial charge in [0.15, 0.2) is 11.5 Å². The van der Waals surface area contributed by atoms with E-state index in [1.54, 1.807) is 24.3 Å². The highest BCUT2D eigenvalue weighted by Crippen LogP contribution is 2.30. The molecule has 3 aromatic carbocycles. The molecule has 0 atom stereocenters. The zero-order valence-corrected chi connectivity index (χ0v) is 18.8. The monoisotopic (exact) mass is 472 g/mol. The van der Waals surface area contributed by atoms with Crippen LogP contribution in [0.1, 0.15) is 33.7 Å². The van der Waals surface area contributed by atoms with E-state index in [0.717, 1.165) is 24.3 Å². The second-order valence-electron chi connectivity index (χ2n) is 7.45. The van der Waals surface area contributed by atoms with E-state index in [1.807, 2.05) is 0 Å². The summed E-state index contributed by atoms with van der Waals surface area (Å²) >= 11 is 0. The van der Waals surface area contributed by atoms with Gasteiger partial charge in [0.05, 0.1) is 20.3 Å². The molecule has 1 aliphatic rings. The van der Waals surface area contributed by atoms with Crippen molar-refractivity contribution in [3.63, 3.8) is 0 Å². The Kier molecular flexibility index (Phi) is 5.18. The summed E-state index contributed by atoms with van der Waals surface area (Å²) in [6.45, 7) is -13.0. The second kappa shape index (κ2) is 11.3. The molecule has 6 heteroatoms. The average Bonchev–Trinajstić information content (AvgIpc) is 2.93. The molecule has 1 heterocycles. The standard InChI is InChI=1S/C28H30F2N2O2/c1-33-26-14-5-21(20-27(26)34-2)4-3-15-31-16-18-32(19-17-31)28(22-6-10-24(29)11-7-22)23-8-12-25(30)13-9-23/h3-14,20,28H,15-19H2,1-2H3/b4-3+/i16D2,17D2,18D2,19D2. The predicted molar refractivity (Wildman–Crippen MR) is 131 cm³/mol. The zero-order chi connectivity index (χ0) is 31.1. The molecule has 3 aromatic rings. The topological polar surface area (TPSA) is 24.9 Å². The Hall–Kier alpha value is -3.22. The summed E-state index contributed by atoms with van der Waals surface area (Å²) in [4.78, 5) is 0.981. The molecule has 4 rings (SSSR count). The lowest BCUT2D eigenvalue weighted by Crippen LogP contribution is -2.47. The van der Waals surface area contributed by atoms with Crippen LogP contribution in [-0.4, -0.2) is 56.6 Å². The summed E-state index contributed by atoms with van der Waals surface area (Å²) < 4.78 is 109. The van der Waals surface area contributed by atoms with Crippen LogP contribution < -0.4 is 9.47 Å². The van der Waals surface area contributed by atoms with Crippen molar-refractivity contribution in [1.29, 1.82) is 0 Å². The van der Waals surface area contributed by atoms with Crippen molar-refractivity contribution in [1.82, 2.24) is 9.80 Å². The van der Waals surface area contributed by atoms with Gasteiger partial charge in [-0.3, -0.25) is 9.80 Å². The van der Waals surface area contributed by atoms with Crippen molar-refractivity contribution >= 4 is 6.08 Å². The Bertz CT molecular complexity index is 1360. The van der Waals surface area contributed by atoms with Crippen LogP contribution >= 0.6 is 0 Å². The number of ether oxygens (including phenoxy) is 2. The van der Waals surface area contributed by atoms with E-state index in [2.05, 4.69) is 0 Å². The number of benzene rings is 3. The number of hydrogen-bond acceptors (Lipinski definition) is 4. The first-order valence-electron chi connectivity index (χ1n) is 14.6. The van der Waals surface area contributed by atoms with Crippen molar-refractivity contribution in [2.24, 2.45) is 0 Å². The minimum Gasteiger partial charge on any atom is -0.493 e. The molecular formula is C28H30F2N2O2. The van der Waals surface area contributed by atoms with Gasteiger partial charge in [0.25, 0.3) is 0 Å². The fraction of sp³-hybridized carbons (Fsp3) is 0.286. The summed E-state index contributed by atoms with van der Waals surface area (Å²) in [7, 11) is 2.94. The molecule has 0 bridgehead atoms. The summed E-state index contributed by atoms with van der Waals surface area (Å²) in [5, 5.41) is 0. The summed E-state index contributed by atoms with van der Waals surface area (Å²) in [5.41, 5.74) is 0.916.